The van der Waals surface area contributed by atoms with Gasteiger partial charge in [0, 0.05) is 24.0 Å². The molecule has 0 aliphatic heterocycles. The van der Waals surface area contributed by atoms with Crippen molar-refractivity contribution < 1.29 is 9.59 Å². The summed E-state index contributed by atoms with van der Waals surface area (Å²) in [4.78, 5) is 23.8. The molecule has 2 amide bonds. The van der Waals surface area contributed by atoms with Crippen LogP contribution in [0.5, 0.6) is 0 Å². The fourth-order valence-corrected chi connectivity index (χ4v) is 2.66. The number of carbonyl (C=O) groups excluding carboxylic acids is 2. The normalized spacial score (nSPS) is 10.2. The number of benzene rings is 2. The van der Waals surface area contributed by atoms with E-state index in [0.717, 1.165) is 22.5 Å². The van der Waals surface area contributed by atoms with Gasteiger partial charge < -0.3 is 16.0 Å². The molecular weight excluding hydrogens is 302 g/mol. The molecule has 2 aromatic carbocycles. The van der Waals surface area contributed by atoms with Gasteiger partial charge in [-0.05, 0) is 50.1 Å². The molecule has 0 fully saturated rings. The third-order valence-corrected chi connectivity index (χ3v) is 3.75. The summed E-state index contributed by atoms with van der Waals surface area (Å²) in [7, 11) is 1.59. The van der Waals surface area contributed by atoms with Crippen LogP contribution in [0.1, 0.15) is 27.0 Å². The molecule has 0 saturated carbocycles. The second-order valence-electron chi connectivity index (χ2n) is 5.84. The Morgan fingerprint density at radius 3 is 2.29 bits per heavy atom. The minimum absolute atomic E-state index is 0.129. The first-order valence-corrected chi connectivity index (χ1v) is 7.84. The summed E-state index contributed by atoms with van der Waals surface area (Å²) in [6, 6.07) is 11.1. The number of hydrogen-bond acceptors (Lipinski definition) is 3. The lowest BCUT2D eigenvalue weighted by molar-refractivity contribution is -0.114. The van der Waals surface area contributed by atoms with Gasteiger partial charge in [-0.15, -0.1) is 0 Å². The van der Waals surface area contributed by atoms with Gasteiger partial charge in [0.25, 0.3) is 5.91 Å². The van der Waals surface area contributed by atoms with Crippen molar-refractivity contribution in [2.45, 2.75) is 20.8 Å². The molecule has 3 N–H and O–H groups in total. The van der Waals surface area contributed by atoms with Crippen LogP contribution in [0.25, 0.3) is 0 Å². The van der Waals surface area contributed by atoms with Crippen LogP contribution in [0, 0.1) is 20.8 Å². The molecule has 0 heterocycles. The fourth-order valence-electron chi connectivity index (χ4n) is 2.66. The minimum Gasteiger partial charge on any atom is -0.376 e. The van der Waals surface area contributed by atoms with Crippen LogP contribution in [0.3, 0.4) is 0 Å². The van der Waals surface area contributed by atoms with Gasteiger partial charge >= 0.3 is 0 Å². The number of hydrogen-bond donors (Lipinski definition) is 3. The van der Waals surface area contributed by atoms with Crippen LogP contribution in [0.2, 0.25) is 0 Å². The van der Waals surface area contributed by atoms with E-state index in [0.29, 0.717) is 5.56 Å². The highest BCUT2D eigenvalue weighted by atomic mass is 16.2. The van der Waals surface area contributed by atoms with Crippen LogP contribution >= 0.6 is 0 Å². The highest BCUT2D eigenvalue weighted by Gasteiger charge is 2.09. The van der Waals surface area contributed by atoms with Crippen molar-refractivity contribution in [1.82, 2.24) is 5.32 Å². The molecule has 0 saturated heterocycles. The molecule has 0 aromatic heterocycles. The Balaban J connectivity index is 2.00. The topological polar surface area (TPSA) is 70.2 Å². The molecule has 0 bridgehead atoms. The largest absolute Gasteiger partial charge is 0.376 e. The van der Waals surface area contributed by atoms with E-state index in [-0.39, 0.29) is 18.4 Å². The Labute approximate surface area is 142 Å². The van der Waals surface area contributed by atoms with E-state index in [1.165, 1.54) is 5.56 Å². The maximum Gasteiger partial charge on any atom is 0.251 e. The smallest absolute Gasteiger partial charge is 0.251 e. The molecule has 126 valence electrons. The van der Waals surface area contributed by atoms with Crippen molar-refractivity contribution in [1.29, 1.82) is 0 Å². The van der Waals surface area contributed by atoms with Crippen molar-refractivity contribution in [3.63, 3.8) is 0 Å². The molecule has 0 unspecified atom stereocenters. The quantitative estimate of drug-likeness (QED) is 0.791. The summed E-state index contributed by atoms with van der Waals surface area (Å²) >= 11 is 0. The van der Waals surface area contributed by atoms with E-state index in [1.54, 1.807) is 25.2 Å². The molecule has 24 heavy (non-hydrogen) atoms. The van der Waals surface area contributed by atoms with E-state index < -0.39 is 0 Å². The number of amides is 2. The van der Waals surface area contributed by atoms with E-state index in [4.69, 9.17) is 0 Å². The molecule has 0 aliphatic rings. The van der Waals surface area contributed by atoms with Crippen molar-refractivity contribution in [3.05, 3.63) is 58.7 Å². The van der Waals surface area contributed by atoms with E-state index in [9.17, 15) is 9.59 Å². The zero-order valence-corrected chi connectivity index (χ0v) is 14.5. The van der Waals surface area contributed by atoms with E-state index in [2.05, 4.69) is 16.0 Å². The van der Waals surface area contributed by atoms with Crippen LogP contribution in [0.15, 0.2) is 36.4 Å². The summed E-state index contributed by atoms with van der Waals surface area (Å²) in [5, 5.41) is 8.56. The van der Waals surface area contributed by atoms with Gasteiger partial charge in [0.15, 0.2) is 0 Å². The maximum atomic E-state index is 12.2. The molecule has 5 heteroatoms. The van der Waals surface area contributed by atoms with Crippen LogP contribution in [-0.2, 0) is 4.79 Å². The monoisotopic (exact) mass is 325 g/mol. The van der Waals surface area contributed by atoms with Crippen LogP contribution < -0.4 is 16.0 Å². The van der Waals surface area contributed by atoms with Crippen LogP contribution in [0.4, 0.5) is 11.4 Å². The molecule has 0 spiro atoms. The van der Waals surface area contributed by atoms with Crippen LogP contribution in [-0.4, -0.2) is 25.4 Å². The Hall–Kier alpha value is -2.82. The zero-order valence-electron chi connectivity index (χ0n) is 14.5. The van der Waals surface area contributed by atoms with Crippen molar-refractivity contribution in [2.24, 2.45) is 0 Å². The molecular formula is C19H23N3O2. The second-order valence-corrected chi connectivity index (χ2v) is 5.84. The zero-order chi connectivity index (χ0) is 17.7. The van der Waals surface area contributed by atoms with Gasteiger partial charge in [-0.3, -0.25) is 9.59 Å². The number of nitrogens with one attached hydrogen (secondary N) is 3. The average molecular weight is 325 g/mol. The fraction of sp³-hybridized carbons (Fsp3) is 0.263. The summed E-state index contributed by atoms with van der Waals surface area (Å²) in [5.74, 6) is -0.288. The third-order valence-electron chi connectivity index (χ3n) is 3.75. The summed E-state index contributed by atoms with van der Waals surface area (Å²) in [5.41, 5.74) is 5.39. The molecule has 2 aromatic rings. The van der Waals surface area contributed by atoms with Gasteiger partial charge in [-0.2, -0.15) is 0 Å². The Morgan fingerprint density at radius 2 is 1.67 bits per heavy atom. The van der Waals surface area contributed by atoms with E-state index >= 15 is 0 Å². The first kappa shape index (κ1) is 17.5. The Morgan fingerprint density at radius 1 is 1.00 bits per heavy atom. The van der Waals surface area contributed by atoms with Gasteiger partial charge in [0.2, 0.25) is 5.91 Å². The van der Waals surface area contributed by atoms with Gasteiger partial charge in [-0.1, -0.05) is 23.8 Å². The molecule has 2 rings (SSSR count). The van der Waals surface area contributed by atoms with Crippen molar-refractivity contribution in [2.75, 3.05) is 24.2 Å². The lowest BCUT2D eigenvalue weighted by Gasteiger charge is -2.13. The Bertz CT molecular complexity index is 746. The highest BCUT2D eigenvalue weighted by molar-refractivity contribution is 5.96. The number of aryl methyl sites for hydroxylation is 3. The second kappa shape index (κ2) is 7.64. The predicted octanol–water partition coefficient (Wildman–Crippen LogP) is 3.02. The first-order valence-electron chi connectivity index (χ1n) is 7.84. The van der Waals surface area contributed by atoms with Crippen molar-refractivity contribution in [3.8, 4) is 0 Å². The lowest BCUT2D eigenvalue weighted by Crippen LogP contribution is -2.23. The third kappa shape index (κ3) is 4.35. The standard InChI is InChI=1S/C19H23N3O2/c1-12-8-13(2)18(14(3)9-12)22-17(23)11-21-16-7-5-6-15(10-16)19(24)20-4/h5-10,21H,11H2,1-4H3,(H,20,24)(H,22,23). The average Bonchev–Trinajstić information content (AvgIpc) is 2.55. The molecule has 0 radical (unpaired) electrons. The lowest BCUT2D eigenvalue weighted by atomic mass is 10.1. The summed E-state index contributed by atoms with van der Waals surface area (Å²) < 4.78 is 0. The van der Waals surface area contributed by atoms with Crippen molar-refractivity contribution >= 4 is 23.2 Å². The van der Waals surface area contributed by atoms with Gasteiger partial charge in [-0.25, -0.2) is 0 Å². The number of rotatable bonds is 5. The first-order chi connectivity index (χ1) is 11.4. The maximum absolute atomic E-state index is 12.2. The van der Waals surface area contributed by atoms with Gasteiger partial charge in [0.05, 0.1) is 6.54 Å². The molecule has 5 nitrogen and oxygen atoms in total. The minimum atomic E-state index is -0.158. The predicted molar refractivity (Wildman–Crippen MR) is 97.6 cm³/mol. The summed E-state index contributed by atoms with van der Waals surface area (Å²) in [6.45, 7) is 6.13. The molecule has 0 aliphatic carbocycles. The Kier molecular flexibility index (Phi) is 5.58. The van der Waals surface area contributed by atoms with Gasteiger partial charge in [0.1, 0.15) is 0 Å². The van der Waals surface area contributed by atoms with E-state index in [1.807, 2.05) is 39.0 Å². The molecule has 0 atom stereocenters. The SMILES string of the molecule is CNC(=O)c1cccc(NCC(=O)Nc2c(C)cc(C)cc2C)c1. The highest BCUT2D eigenvalue weighted by Crippen LogP contribution is 2.21. The number of anilines is 2. The number of carbonyl (C=O) groups is 2. The summed E-state index contributed by atoms with van der Waals surface area (Å²) in [6.07, 6.45) is 0.